The Morgan fingerprint density at radius 3 is 2.45 bits per heavy atom. The molecule has 2 aromatic rings. The molecule has 178 valence electrons. The van der Waals surface area contributed by atoms with Gasteiger partial charge in [-0.05, 0) is 68.2 Å². The lowest BCUT2D eigenvalue weighted by Crippen LogP contribution is -2.37. The van der Waals surface area contributed by atoms with Crippen LogP contribution < -0.4 is 19.5 Å². The van der Waals surface area contributed by atoms with Gasteiger partial charge in [-0.3, -0.25) is 4.79 Å². The number of amides is 1. The number of ether oxygens (including phenoxy) is 3. The number of aliphatic carboxylic acids is 1. The normalized spacial score (nSPS) is 11.3. The Hall–Kier alpha value is -3.48. The number of carboxylic acid groups (broad SMARTS) is 1. The van der Waals surface area contributed by atoms with Gasteiger partial charge in [0.05, 0.1) is 13.7 Å². The number of hydrogen-bond donors (Lipinski definition) is 2. The van der Waals surface area contributed by atoms with Gasteiger partial charge >= 0.3 is 5.97 Å². The Bertz CT molecular complexity index is 950. The molecular formula is C26H33NO6. The second kappa shape index (κ2) is 12.5. The number of rotatable bonds is 13. The van der Waals surface area contributed by atoms with Crippen molar-refractivity contribution in [3.63, 3.8) is 0 Å². The summed E-state index contributed by atoms with van der Waals surface area (Å²) in [5.41, 5.74) is 0.543. The quantitative estimate of drug-likeness (QED) is 0.341. The maximum Gasteiger partial charge on any atom is 0.347 e. The average molecular weight is 456 g/mol. The smallest absolute Gasteiger partial charge is 0.347 e. The number of methoxy groups -OCH3 is 1. The molecule has 0 aliphatic heterocycles. The molecule has 0 aromatic heterocycles. The van der Waals surface area contributed by atoms with E-state index < -0.39 is 11.6 Å². The summed E-state index contributed by atoms with van der Waals surface area (Å²) in [7, 11) is 1.59. The minimum absolute atomic E-state index is 0.194. The lowest BCUT2D eigenvalue weighted by atomic mass is 10.1. The average Bonchev–Trinajstić information content (AvgIpc) is 2.79. The Kier molecular flexibility index (Phi) is 9.79. The van der Waals surface area contributed by atoms with Gasteiger partial charge in [-0.1, -0.05) is 31.5 Å². The van der Waals surface area contributed by atoms with Crippen molar-refractivity contribution in [1.82, 2.24) is 5.32 Å². The van der Waals surface area contributed by atoms with Gasteiger partial charge in [0, 0.05) is 12.6 Å². The number of nitrogens with one attached hydrogen (secondary N) is 1. The Morgan fingerprint density at radius 2 is 1.82 bits per heavy atom. The number of hydrogen-bond acceptors (Lipinski definition) is 5. The highest BCUT2D eigenvalue weighted by Crippen LogP contribution is 2.28. The molecule has 33 heavy (non-hydrogen) atoms. The first-order chi connectivity index (χ1) is 15.7. The van der Waals surface area contributed by atoms with Crippen molar-refractivity contribution in [3.05, 3.63) is 59.7 Å². The van der Waals surface area contributed by atoms with E-state index >= 15 is 0 Å². The Balaban J connectivity index is 1.82. The molecule has 0 unspecified atom stereocenters. The van der Waals surface area contributed by atoms with Gasteiger partial charge in [0.15, 0.2) is 17.1 Å². The van der Waals surface area contributed by atoms with Crippen LogP contribution in [0.15, 0.2) is 48.5 Å². The minimum atomic E-state index is -1.30. The number of carbonyl (C=O) groups is 2. The monoisotopic (exact) mass is 455 g/mol. The highest BCUT2D eigenvalue weighted by molar-refractivity contribution is 5.91. The maximum absolute atomic E-state index is 12.1. The molecule has 2 rings (SSSR count). The first-order valence-electron chi connectivity index (χ1n) is 11.0. The molecule has 0 bridgehead atoms. The number of carbonyl (C=O) groups excluding carboxylic acids is 1. The van der Waals surface area contributed by atoms with Crippen molar-refractivity contribution >= 4 is 18.0 Å². The van der Waals surface area contributed by atoms with Crippen LogP contribution in [0.4, 0.5) is 0 Å². The van der Waals surface area contributed by atoms with Crippen LogP contribution in [-0.4, -0.2) is 42.8 Å². The molecule has 0 aliphatic rings. The molecule has 0 saturated carbocycles. The molecule has 2 N–H and O–H groups in total. The van der Waals surface area contributed by atoms with Crippen LogP contribution in [0.5, 0.6) is 17.2 Å². The maximum atomic E-state index is 12.1. The topological polar surface area (TPSA) is 94.1 Å². The van der Waals surface area contributed by atoms with Gasteiger partial charge in [-0.2, -0.15) is 0 Å². The van der Waals surface area contributed by atoms with E-state index in [-0.39, 0.29) is 5.91 Å². The summed E-state index contributed by atoms with van der Waals surface area (Å²) in [5, 5.41) is 12.0. The van der Waals surface area contributed by atoms with Gasteiger partial charge in [0.2, 0.25) is 5.91 Å². The predicted molar refractivity (Wildman–Crippen MR) is 128 cm³/mol. The number of unbranched alkanes of at least 4 members (excludes halogenated alkanes) is 1. The zero-order valence-electron chi connectivity index (χ0n) is 19.7. The van der Waals surface area contributed by atoms with Gasteiger partial charge in [0.25, 0.3) is 0 Å². The van der Waals surface area contributed by atoms with Crippen LogP contribution in [-0.2, 0) is 16.0 Å². The van der Waals surface area contributed by atoms with E-state index in [1.807, 2.05) is 30.3 Å². The molecule has 2 aromatic carbocycles. The summed E-state index contributed by atoms with van der Waals surface area (Å²) in [6.07, 6.45) is 5.88. The zero-order valence-corrected chi connectivity index (χ0v) is 19.7. The SMILES string of the molecule is CCCCOc1ccc(/C=C/C(=O)NCCc2ccc(OC(C)(C)C(=O)O)cc2)cc1OC. The molecule has 0 spiro atoms. The van der Waals surface area contributed by atoms with E-state index in [0.29, 0.717) is 36.8 Å². The second-order valence-corrected chi connectivity index (χ2v) is 8.05. The number of benzene rings is 2. The van der Waals surface area contributed by atoms with E-state index in [1.54, 1.807) is 25.3 Å². The van der Waals surface area contributed by atoms with Gasteiger partial charge in [-0.25, -0.2) is 4.79 Å². The highest BCUT2D eigenvalue weighted by Gasteiger charge is 2.29. The van der Waals surface area contributed by atoms with E-state index in [1.165, 1.54) is 19.9 Å². The van der Waals surface area contributed by atoms with Gasteiger partial charge in [-0.15, -0.1) is 0 Å². The van der Waals surface area contributed by atoms with Crippen LogP contribution in [0.2, 0.25) is 0 Å². The molecule has 0 saturated heterocycles. The third-order valence-corrected chi connectivity index (χ3v) is 4.89. The van der Waals surface area contributed by atoms with Crippen LogP contribution in [0.25, 0.3) is 6.08 Å². The molecule has 7 nitrogen and oxygen atoms in total. The summed E-state index contributed by atoms with van der Waals surface area (Å²) in [6.45, 7) is 6.21. The van der Waals surface area contributed by atoms with E-state index in [2.05, 4.69) is 12.2 Å². The van der Waals surface area contributed by atoms with E-state index in [9.17, 15) is 9.59 Å². The second-order valence-electron chi connectivity index (χ2n) is 8.05. The minimum Gasteiger partial charge on any atom is -0.493 e. The fourth-order valence-electron chi connectivity index (χ4n) is 2.86. The largest absolute Gasteiger partial charge is 0.493 e. The summed E-state index contributed by atoms with van der Waals surface area (Å²) in [5.74, 6) is 0.580. The van der Waals surface area contributed by atoms with Crippen molar-refractivity contribution in [2.24, 2.45) is 0 Å². The first-order valence-corrected chi connectivity index (χ1v) is 11.0. The summed E-state index contributed by atoms with van der Waals surface area (Å²) in [4.78, 5) is 23.3. The van der Waals surface area contributed by atoms with Crippen molar-refractivity contribution in [2.45, 2.75) is 45.6 Å². The number of carboxylic acids is 1. The van der Waals surface area contributed by atoms with Crippen molar-refractivity contribution in [1.29, 1.82) is 0 Å². The standard InChI is InChI=1S/C26H33NO6/c1-5-6-17-32-22-13-9-20(18-23(22)31-4)10-14-24(28)27-16-15-19-7-11-21(12-8-19)33-26(2,3)25(29)30/h7-14,18H,5-6,15-17H2,1-4H3,(H,27,28)(H,29,30)/b14-10+. The van der Waals surface area contributed by atoms with Crippen LogP contribution in [0.3, 0.4) is 0 Å². The highest BCUT2D eigenvalue weighted by atomic mass is 16.5. The molecule has 0 radical (unpaired) electrons. The van der Waals surface area contributed by atoms with Crippen LogP contribution in [0, 0.1) is 0 Å². The zero-order chi connectivity index (χ0) is 24.3. The van der Waals surface area contributed by atoms with Gasteiger partial charge < -0.3 is 24.6 Å². The van der Waals surface area contributed by atoms with E-state index in [0.717, 1.165) is 24.0 Å². The molecule has 1 amide bonds. The third kappa shape index (κ3) is 8.52. The first kappa shape index (κ1) is 25.8. The summed E-state index contributed by atoms with van der Waals surface area (Å²) in [6, 6.07) is 12.7. The molecule has 0 fully saturated rings. The summed E-state index contributed by atoms with van der Waals surface area (Å²) < 4.78 is 16.6. The van der Waals surface area contributed by atoms with Crippen molar-refractivity contribution in [3.8, 4) is 17.2 Å². The fraction of sp³-hybridized carbons (Fsp3) is 0.385. The molecule has 0 heterocycles. The Morgan fingerprint density at radius 1 is 1.09 bits per heavy atom. The summed E-state index contributed by atoms with van der Waals surface area (Å²) >= 11 is 0. The van der Waals surface area contributed by atoms with E-state index in [4.69, 9.17) is 19.3 Å². The lowest BCUT2D eigenvalue weighted by Gasteiger charge is -2.21. The molecular weight excluding hydrogens is 422 g/mol. The molecule has 7 heteroatoms. The third-order valence-electron chi connectivity index (χ3n) is 4.89. The fourth-order valence-corrected chi connectivity index (χ4v) is 2.86. The van der Waals surface area contributed by atoms with Crippen LogP contribution in [0.1, 0.15) is 44.7 Å². The molecule has 0 atom stereocenters. The Labute approximate surface area is 195 Å². The molecule has 0 aliphatic carbocycles. The van der Waals surface area contributed by atoms with Gasteiger partial charge in [0.1, 0.15) is 5.75 Å². The predicted octanol–water partition coefficient (Wildman–Crippen LogP) is 4.49. The van der Waals surface area contributed by atoms with Crippen molar-refractivity contribution in [2.75, 3.05) is 20.3 Å². The van der Waals surface area contributed by atoms with Crippen LogP contribution >= 0.6 is 0 Å². The lowest BCUT2D eigenvalue weighted by molar-refractivity contribution is -0.152. The van der Waals surface area contributed by atoms with Crippen molar-refractivity contribution < 1.29 is 28.9 Å².